The fourth-order valence-corrected chi connectivity index (χ4v) is 2.26. The minimum atomic E-state index is 0.651. The Bertz CT molecular complexity index is 307. The van der Waals surface area contributed by atoms with E-state index in [1.807, 2.05) is 12.1 Å². The summed E-state index contributed by atoms with van der Waals surface area (Å²) < 4.78 is 5.13. The highest BCUT2D eigenvalue weighted by atomic mass is 16.5. The van der Waals surface area contributed by atoms with E-state index in [9.17, 15) is 0 Å². The molecule has 1 aromatic carbocycles. The van der Waals surface area contributed by atoms with Gasteiger partial charge in [-0.2, -0.15) is 0 Å². The minimum Gasteiger partial charge on any atom is -0.497 e. The second-order valence-corrected chi connectivity index (χ2v) is 4.39. The van der Waals surface area contributed by atoms with E-state index in [1.165, 1.54) is 24.9 Å². The lowest BCUT2D eigenvalue weighted by Crippen LogP contribution is -2.21. The van der Waals surface area contributed by atoms with E-state index in [2.05, 4.69) is 24.4 Å². The Morgan fingerprint density at radius 1 is 1.20 bits per heavy atom. The van der Waals surface area contributed by atoms with Crippen LogP contribution in [0.5, 0.6) is 5.75 Å². The molecule has 0 bridgehead atoms. The van der Waals surface area contributed by atoms with Crippen molar-refractivity contribution in [2.75, 3.05) is 12.4 Å². The van der Waals surface area contributed by atoms with Crippen molar-refractivity contribution in [1.82, 2.24) is 0 Å². The summed E-state index contributed by atoms with van der Waals surface area (Å²) in [6, 6.07) is 8.83. The quantitative estimate of drug-likeness (QED) is 0.817. The first-order chi connectivity index (χ1) is 7.29. The Balaban J connectivity index is 1.98. The van der Waals surface area contributed by atoms with Crippen LogP contribution in [0.4, 0.5) is 5.69 Å². The largest absolute Gasteiger partial charge is 0.497 e. The van der Waals surface area contributed by atoms with E-state index in [-0.39, 0.29) is 0 Å². The van der Waals surface area contributed by atoms with Crippen LogP contribution in [0.15, 0.2) is 24.3 Å². The molecule has 15 heavy (non-hydrogen) atoms. The number of ether oxygens (including phenoxy) is 1. The molecule has 0 aromatic heterocycles. The van der Waals surface area contributed by atoms with Gasteiger partial charge in [-0.05, 0) is 43.0 Å². The molecule has 1 aliphatic carbocycles. The number of nitrogens with one attached hydrogen (secondary N) is 1. The van der Waals surface area contributed by atoms with E-state index >= 15 is 0 Å². The maximum absolute atomic E-state index is 5.13. The zero-order valence-electron chi connectivity index (χ0n) is 9.49. The SMILES string of the molecule is COc1ccc(NC2CCCC2C)cc1. The monoisotopic (exact) mass is 205 g/mol. The van der Waals surface area contributed by atoms with Gasteiger partial charge in [-0.1, -0.05) is 13.3 Å². The van der Waals surface area contributed by atoms with Crippen molar-refractivity contribution in [1.29, 1.82) is 0 Å². The highest BCUT2D eigenvalue weighted by molar-refractivity contribution is 5.47. The second kappa shape index (κ2) is 4.56. The Hall–Kier alpha value is -1.18. The van der Waals surface area contributed by atoms with Crippen molar-refractivity contribution in [3.8, 4) is 5.75 Å². The fraction of sp³-hybridized carbons (Fsp3) is 0.538. The summed E-state index contributed by atoms with van der Waals surface area (Å²) >= 11 is 0. The van der Waals surface area contributed by atoms with Crippen molar-refractivity contribution in [2.24, 2.45) is 5.92 Å². The van der Waals surface area contributed by atoms with Crippen LogP contribution < -0.4 is 10.1 Å². The third-order valence-electron chi connectivity index (χ3n) is 3.30. The summed E-state index contributed by atoms with van der Waals surface area (Å²) in [5, 5.41) is 3.59. The molecule has 1 saturated carbocycles. The first-order valence-electron chi connectivity index (χ1n) is 5.70. The van der Waals surface area contributed by atoms with Gasteiger partial charge >= 0.3 is 0 Å². The summed E-state index contributed by atoms with van der Waals surface area (Å²) in [6.45, 7) is 2.33. The molecule has 2 rings (SSSR count). The molecule has 0 heterocycles. The third-order valence-corrected chi connectivity index (χ3v) is 3.30. The molecule has 2 heteroatoms. The van der Waals surface area contributed by atoms with Crippen LogP contribution in [-0.4, -0.2) is 13.2 Å². The molecular formula is C13H19NO. The highest BCUT2D eigenvalue weighted by Gasteiger charge is 2.22. The first-order valence-corrected chi connectivity index (χ1v) is 5.70. The molecule has 2 unspecified atom stereocenters. The zero-order valence-corrected chi connectivity index (χ0v) is 9.49. The number of rotatable bonds is 3. The van der Waals surface area contributed by atoms with Crippen molar-refractivity contribution in [3.63, 3.8) is 0 Å². The molecular weight excluding hydrogens is 186 g/mol. The standard InChI is InChI=1S/C13H19NO/c1-10-4-3-5-13(10)14-11-6-8-12(15-2)9-7-11/h6-10,13-14H,3-5H2,1-2H3. The van der Waals surface area contributed by atoms with Gasteiger partial charge < -0.3 is 10.1 Å². The minimum absolute atomic E-state index is 0.651. The van der Waals surface area contributed by atoms with E-state index < -0.39 is 0 Å². The number of anilines is 1. The van der Waals surface area contributed by atoms with E-state index in [4.69, 9.17) is 4.74 Å². The van der Waals surface area contributed by atoms with Gasteiger partial charge in [0.05, 0.1) is 7.11 Å². The van der Waals surface area contributed by atoms with Crippen molar-refractivity contribution < 1.29 is 4.74 Å². The van der Waals surface area contributed by atoms with E-state index in [1.54, 1.807) is 7.11 Å². The average Bonchev–Trinajstić information content (AvgIpc) is 2.66. The highest BCUT2D eigenvalue weighted by Crippen LogP contribution is 2.28. The van der Waals surface area contributed by atoms with Gasteiger partial charge in [-0.25, -0.2) is 0 Å². The van der Waals surface area contributed by atoms with Crippen LogP contribution in [0.3, 0.4) is 0 Å². The van der Waals surface area contributed by atoms with Crippen LogP contribution >= 0.6 is 0 Å². The predicted octanol–water partition coefficient (Wildman–Crippen LogP) is 3.30. The molecule has 0 saturated heterocycles. The van der Waals surface area contributed by atoms with Gasteiger partial charge in [0.1, 0.15) is 5.75 Å². The Morgan fingerprint density at radius 2 is 1.93 bits per heavy atom. The maximum atomic E-state index is 5.13. The molecule has 1 aromatic rings. The molecule has 2 nitrogen and oxygen atoms in total. The summed E-state index contributed by atoms with van der Waals surface area (Å²) in [7, 11) is 1.70. The van der Waals surface area contributed by atoms with Crippen molar-refractivity contribution >= 4 is 5.69 Å². The van der Waals surface area contributed by atoms with Crippen LogP contribution in [0.2, 0.25) is 0 Å². The predicted molar refractivity (Wildman–Crippen MR) is 63.4 cm³/mol. The van der Waals surface area contributed by atoms with E-state index in [0.29, 0.717) is 6.04 Å². The number of hydrogen-bond donors (Lipinski definition) is 1. The van der Waals surface area contributed by atoms with Gasteiger partial charge in [0.25, 0.3) is 0 Å². The second-order valence-electron chi connectivity index (χ2n) is 4.39. The summed E-state index contributed by atoms with van der Waals surface area (Å²) in [4.78, 5) is 0. The van der Waals surface area contributed by atoms with Crippen LogP contribution in [0.1, 0.15) is 26.2 Å². The van der Waals surface area contributed by atoms with Gasteiger partial charge in [0, 0.05) is 11.7 Å². The first kappa shape index (κ1) is 10.3. The van der Waals surface area contributed by atoms with Crippen molar-refractivity contribution in [2.45, 2.75) is 32.2 Å². The fourth-order valence-electron chi connectivity index (χ4n) is 2.26. The van der Waals surface area contributed by atoms with Crippen LogP contribution in [0.25, 0.3) is 0 Å². The number of methoxy groups -OCH3 is 1. The number of benzene rings is 1. The molecule has 0 spiro atoms. The third kappa shape index (κ3) is 2.44. The Kier molecular flexibility index (Phi) is 3.14. The Labute approximate surface area is 91.6 Å². The molecule has 1 N–H and O–H groups in total. The Morgan fingerprint density at radius 3 is 2.47 bits per heavy atom. The molecule has 0 amide bonds. The summed E-state index contributed by atoms with van der Waals surface area (Å²) in [6.07, 6.45) is 4.01. The topological polar surface area (TPSA) is 21.3 Å². The van der Waals surface area contributed by atoms with Gasteiger partial charge in [-0.3, -0.25) is 0 Å². The number of hydrogen-bond acceptors (Lipinski definition) is 2. The molecule has 82 valence electrons. The summed E-state index contributed by atoms with van der Waals surface area (Å²) in [5.41, 5.74) is 1.20. The molecule has 1 fully saturated rings. The smallest absolute Gasteiger partial charge is 0.119 e. The van der Waals surface area contributed by atoms with Gasteiger partial charge in [0.2, 0.25) is 0 Å². The van der Waals surface area contributed by atoms with Gasteiger partial charge in [-0.15, -0.1) is 0 Å². The zero-order chi connectivity index (χ0) is 10.7. The molecule has 0 aliphatic heterocycles. The molecule has 1 aliphatic rings. The maximum Gasteiger partial charge on any atom is 0.119 e. The van der Waals surface area contributed by atoms with Crippen LogP contribution in [-0.2, 0) is 0 Å². The van der Waals surface area contributed by atoms with Crippen molar-refractivity contribution in [3.05, 3.63) is 24.3 Å². The lowest BCUT2D eigenvalue weighted by Gasteiger charge is -2.18. The summed E-state index contributed by atoms with van der Waals surface area (Å²) in [5.74, 6) is 1.71. The lowest BCUT2D eigenvalue weighted by molar-refractivity contribution is 0.415. The molecule has 0 radical (unpaired) electrons. The average molecular weight is 205 g/mol. The normalized spacial score (nSPS) is 25.2. The lowest BCUT2D eigenvalue weighted by atomic mass is 10.1. The van der Waals surface area contributed by atoms with Crippen LogP contribution in [0, 0.1) is 5.92 Å². The molecule has 2 atom stereocenters. The van der Waals surface area contributed by atoms with E-state index in [0.717, 1.165) is 11.7 Å². The van der Waals surface area contributed by atoms with Gasteiger partial charge in [0.15, 0.2) is 0 Å².